The van der Waals surface area contributed by atoms with Gasteiger partial charge in [-0.3, -0.25) is 4.79 Å². The summed E-state index contributed by atoms with van der Waals surface area (Å²) in [4.78, 5) is 23.7. The van der Waals surface area contributed by atoms with Gasteiger partial charge in [0.1, 0.15) is 17.4 Å². The van der Waals surface area contributed by atoms with Crippen LogP contribution < -0.4 is 10.1 Å². The van der Waals surface area contributed by atoms with Crippen LogP contribution in [0.2, 0.25) is 0 Å². The van der Waals surface area contributed by atoms with Crippen LogP contribution >= 0.6 is 0 Å². The summed E-state index contributed by atoms with van der Waals surface area (Å²) in [6.07, 6.45) is 5.52. The molecule has 0 unspecified atom stereocenters. The third-order valence-corrected chi connectivity index (χ3v) is 3.80. The second kappa shape index (κ2) is 8.73. The van der Waals surface area contributed by atoms with Gasteiger partial charge in [-0.25, -0.2) is 4.79 Å². The van der Waals surface area contributed by atoms with E-state index < -0.39 is 5.97 Å². The second-order valence-corrected chi connectivity index (χ2v) is 5.57. The lowest BCUT2D eigenvalue weighted by atomic mass is 10.1. The Balaban J connectivity index is 1.91. The minimum atomic E-state index is -0.818. The molecule has 24 heavy (non-hydrogen) atoms. The van der Waals surface area contributed by atoms with Crippen LogP contribution in [0.1, 0.15) is 31.2 Å². The van der Waals surface area contributed by atoms with Gasteiger partial charge in [-0.1, -0.05) is 25.0 Å². The van der Waals surface area contributed by atoms with Crippen molar-refractivity contribution >= 4 is 18.0 Å². The molecular weight excluding hydrogens is 308 g/mol. The van der Waals surface area contributed by atoms with Gasteiger partial charge in [0.2, 0.25) is 0 Å². The van der Waals surface area contributed by atoms with Crippen LogP contribution in [0.25, 0.3) is 6.08 Å². The van der Waals surface area contributed by atoms with Crippen molar-refractivity contribution in [3.63, 3.8) is 0 Å². The van der Waals surface area contributed by atoms with E-state index in [1.54, 1.807) is 30.3 Å². The number of hydrogen-bond acceptors (Lipinski definition) is 5. The number of nitrogens with one attached hydrogen (secondary N) is 1. The Bertz CT molecular complexity index is 670. The third kappa shape index (κ3) is 5.13. The average molecular weight is 328 g/mol. The van der Waals surface area contributed by atoms with Crippen molar-refractivity contribution in [1.29, 1.82) is 5.26 Å². The second-order valence-electron chi connectivity index (χ2n) is 5.57. The van der Waals surface area contributed by atoms with E-state index in [1.165, 1.54) is 13.2 Å². The zero-order chi connectivity index (χ0) is 17.4. The van der Waals surface area contributed by atoms with Gasteiger partial charge in [0.05, 0.1) is 7.11 Å². The van der Waals surface area contributed by atoms with Crippen molar-refractivity contribution < 1.29 is 19.1 Å². The highest BCUT2D eigenvalue weighted by Crippen LogP contribution is 2.17. The molecule has 126 valence electrons. The van der Waals surface area contributed by atoms with E-state index in [-0.39, 0.29) is 24.1 Å². The van der Waals surface area contributed by atoms with Crippen molar-refractivity contribution in [1.82, 2.24) is 5.32 Å². The number of methoxy groups -OCH3 is 1. The maximum atomic E-state index is 12.0. The summed E-state index contributed by atoms with van der Waals surface area (Å²) in [6, 6.07) is 8.90. The maximum absolute atomic E-state index is 12.0. The number of nitrogens with zero attached hydrogens (tertiary/aromatic N) is 1. The first-order chi connectivity index (χ1) is 11.6. The molecule has 1 N–H and O–H groups in total. The largest absolute Gasteiger partial charge is 0.497 e. The fraction of sp³-hybridized carbons (Fsp3) is 0.389. The lowest BCUT2D eigenvalue weighted by Crippen LogP contribution is -2.36. The molecule has 1 aromatic carbocycles. The van der Waals surface area contributed by atoms with E-state index in [0.29, 0.717) is 11.3 Å². The highest BCUT2D eigenvalue weighted by atomic mass is 16.5. The lowest BCUT2D eigenvalue weighted by molar-refractivity contribution is -0.144. The Morgan fingerprint density at radius 3 is 2.79 bits per heavy atom. The molecule has 0 radical (unpaired) electrons. The monoisotopic (exact) mass is 328 g/mol. The van der Waals surface area contributed by atoms with Crippen LogP contribution in [0.15, 0.2) is 29.8 Å². The molecule has 0 saturated heterocycles. The van der Waals surface area contributed by atoms with Crippen LogP contribution in [0.4, 0.5) is 0 Å². The number of carbonyl (C=O) groups excluding carboxylic acids is 2. The molecule has 1 amide bonds. The molecule has 6 heteroatoms. The first-order valence-corrected chi connectivity index (χ1v) is 7.84. The van der Waals surface area contributed by atoms with Gasteiger partial charge < -0.3 is 14.8 Å². The molecule has 0 aliphatic heterocycles. The number of esters is 1. The molecule has 1 fully saturated rings. The summed E-state index contributed by atoms with van der Waals surface area (Å²) >= 11 is 0. The minimum Gasteiger partial charge on any atom is -0.497 e. The fourth-order valence-electron chi connectivity index (χ4n) is 2.58. The minimum absolute atomic E-state index is 0.166. The molecule has 2 rings (SSSR count). The summed E-state index contributed by atoms with van der Waals surface area (Å²) in [5, 5.41) is 11.9. The van der Waals surface area contributed by atoms with Gasteiger partial charge in [0.25, 0.3) is 5.91 Å². The van der Waals surface area contributed by atoms with E-state index in [9.17, 15) is 9.59 Å². The van der Waals surface area contributed by atoms with Crippen molar-refractivity contribution in [2.24, 2.45) is 0 Å². The van der Waals surface area contributed by atoms with Gasteiger partial charge in [-0.2, -0.15) is 5.26 Å². The van der Waals surface area contributed by atoms with E-state index in [0.717, 1.165) is 25.7 Å². The van der Waals surface area contributed by atoms with Gasteiger partial charge in [0, 0.05) is 6.04 Å². The molecule has 1 aromatic rings. The average Bonchev–Trinajstić information content (AvgIpc) is 3.10. The smallest absolute Gasteiger partial charge is 0.349 e. The summed E-state index contributed by atoms with van der Waals surface area (Å²) in [7, 11) is 1.53. The van der Waals surface area contributed by atoms with Crippen LogP contribution in [0.3, 0.4) is 0 Å². The molecule has 1 aliphatic carbocycles. The van der Waals surface area contributed by atoms with Gasteiger partial charge in [-0.15, -0.1) is 0 Å². The Hall–Kier alpha value is -2.81. The number of rotatable bonds is 6. The number of amides is 1. The van der Waals surface area contributed by atoms with Crippen molar-refractivity contribution in [3.8, 4) is 11.8 Å². The Labute approximate surface area is 141 Å². The van der Waals surface area contributed by atoms with Gasteiger partial charge in [0.15, 0.2) is 6.61 Å². The molecule has 0 bridgehead atoms. The lowest BCUT2D eigenvalue weighted by Gasteiger charge is -2.11. The van der Waals surface area contributed by atoms with Crippen molar-refractivity contribution in [2.45, 2.75) is 31.7 Å². The summed E-state index contributed by atoms with van der Waals surface area (Å²) < 4.78 is 10.0. The molecule has 0 aromatic heterocycles. The summed E-state index contributed by atoms with van der Waals surface area (Å²) in [5.74, 6) is -0.541. The molecular formula is C18H20N2O4. The number of ether oxygens (including phenoxy) is 2. The number of carbonyl (C=O) groups is 2. The molecule has 1 saturated carbocycles. The van der Waals surface area contributed by atoms with Crippen LogP contribution in [0, 0.1) is 11.3 Å². The first-order valence-electron chi connectivity index (χ1n) is 7.84. The normalized spacial score (nSPS) is 14.8. The molecule has 1 aliphatic rings. The van der Waals surface area contributed by atoms with E-state index in [1.807, 2.05) is 0 Å². The number of benzene rings is 1. The maximum Gasteiger partial charge on any atom is 0.349 e. The highest BCUT2D eigenvalue weighted by Gasteiger charge is 2.18. The van der Waals surface area contributed by atoms with E-state index in [2.05, 4.69) is 5.32 Å². The van der Waals surface area contributed by atoms with Crippen LogP contribution in [0.5, 0.6) is 5.75 Å². The quantitative estimate of drug-likeness (QED) is 0.491. The van der Waals surface area contributed by atoms with Crippen molar-refractivity contribution in [2.75, 3.05) is 13.7 Å². The molecule has 6 nitrogen and oxygen atoms in total. The summed E-state index contributed by atoms with van der Waals surface area (Å²) in [5.41, 5.74) is 0.468. The zero-order valence-corrected chi connectivity index (χ0v) is 13.6. The fourth-order valence-corrected chi connectivity index (χ4v) is 2.58. The third-order valence-electron chi connectivity index (χ3n) is 3.80. The topological polar surface area (TPSA) is 88.4 Å². The molecule has 0 spiro atoms. The van der Waals surface area contributed by atoms with Gasteiger partial charge >= 0.3 is 5.97 Å². The Morgan fingerprint density at radius 2 is 2.12 bits per heavy atom. The molecule has 0 heterocycles. The Morgan fingerprint density at radius 1 is 1.38 bits per heavy atom. The highest BCUT2D eigenvalue weighted by molar-refractivity contribution is 5.98. The predicted molar refractivity (Wildman–Crippen MR) is 87.9 cm³/mol. The molecule has 0 atom stereocenters. The Kier molecular flexibility index (Phi) is 6.38. The van der Waals surface area contributed by atoms with Gasteiger partial charge in [-0.05, 0) is 36.6 Å². The number of hydrogen-bond donors (Lipinski definition) is 1. The van der Waals surface area contributed by atoms with E-state index in [4.69, 9.17) is 14.7 Å². The van der Waals surface area contributed by atoms with Crippen LogP contribution in [-0.4, -0.2) is 31.6 Å². The van der Waals surface area contributed by atoms with E-state index >= 15 is 0 Å². The SMILES string of the molecule is COc1cccc(/C=C(\C#N)C(=O)OCC(=O)NC2CCCC2)c1. The standard InChI is InChI=1S/C18H20N2O4/c1-23-16-8-4-5-13(10-16)9-14(11-19)18(22)24-12-17(21)20-15-6-2-3-7-15/h4-5,8-10,15H,2-3,6-7,12H2,1H3,(H,20,21)/b14-9+. The predicted octanol–water partition coefficient (Wildman–Crippen LogP) is 2.20. The van der Waals surface area contributed by atoms with Crippen LogP contribution in [-0.2, 0) is 14.3 Å². The first kappa shape index (κ1) is 17.5. The van der Waals surface area contributed by atoms with Crippen molar-refractivity contribution in [3.05, 3.63) is 35.4 Å². The number of nitriles is 1. The summed E-state index contributed by atoms with van der Waals surface area (Å²) in [6.45, 7) is -0.382. The zero-order valence-electron chi connectivity index (χ0n) is 13.6.